The van der Waals surface area contributed by atoms with Crippen molar-refractivity contribution in [2.75, 3.05) is 26.7 Å². The number of hydrogen-bond acceptors (Lipinski definition) is 3. The zero-order valence-corrected chi connectivity index (χ0v) is 11.0. The number of urea groups is 1. The molecular weight excluding hydrogens is 238 g/mol. The van der Waals surface area contributed by atoms with Gasteiger partial charge in [0.2, 0.25) is 5.91 Å². The van der Waals surface area contributed by atoms with Crippen molar-refractivity contribution in [1.29, 1.82) is 0 Å². The summed E-state index contributed by atoms with van der Waals surface area (Å²) in [6.45, 7) is 4.06. The van der Waals surface area contributed by atoms with Crippen LogP contribution in [0.25, 0.3) is 0 Å². The van der Waals surface area contributed by atoms with Gasteiger partial charge >= 0.3 is 12.0 Å². The molecule has 0 fully saturated rings. The summed E-state index contributed by atoms with van der Waals surface area (Å²) in [5.41, 5.74) is 0. The highest BCUT2D eigenvalue weighted by atomic mass is 16.4. The molecule has 0 rings (SSSR count). The van der Waals surface area contributed by atoms with Crippen LogP contribution in [0.1, 0.15) is 20.3 Å². The molecule has 0 atom stereocenters. The van der Waals surface area contributed by atoms with Gasteiger partial charge in [0.05, 0.1) is 6.54 Å². The first-order chi connectivity index (χ1) is 8.32. The number of carboxylic acids is 1. The predicted molar refractivity (Wildman–Crippen MR) is 66.1 cm³/mol. The van der Waals surface area contributed by atoms with Gasteiger partial charge in [-0.25, -0.2) is 4.79 Å². The van der Waals surface area contributed by atoms with E-state index in [-0.39, 0.29) is 12.6 Å². The van der Waals surface area contributed by atoms with Crippen LogP contribution in [0.2, 0.25) is 0 Å². The first-order valence-electron chi connectivity index (χ1n) is 5.80. The van der Waals surface area contributed by atoms with Crippen molar-refractivity contribution in [2.45, 2.75) is 20.3 Å². The van der Waals surface area contributed by atoms with E-state index in [1.807, 2.05) is 0 Å². The highest BCUT2D eigenvalue weighted by Gasteiger charge is 2.10. The molecule has 3 N–H and O–H groups in total. The molecule has 0 aliphatic heterocycles. The molecule has 0 saturated carbocycles. The van der Waals surface area contributed by atoms with Gasteiger partial charge in [0.15, 0.2) is 0 Å². The normalized spacial score (nSPS) is 10.0. The minimum Gasteiger partial charge on any atom is -0.480 e. The first kappa shape index (κ1) is 16.2. The van der Waals surface area contributed by atoms with Crippen molar-refractivity contribution < 1.29 is 19.5 Å². The van der Waals surface area contributed by atoms with E-state index in [1.165, 1.54) is 4.90 Å². The Labute approximate surface area is 107 Å². The fourth-order valence-corrected chi connectivity index (χ4v) is 1.08. The lowest BCUT2D eigenvalue weighted by Crippen LogP contribution is -2.44. The molecule has 0 radical (unpaired) electrons. The Hall–Kier alpha value is -1.79. The largest absolute Gasteiger partial charge is 0.480 e. The average molecular weight is 259 g/mol. The van der Waals surface area contributed by atoms with Crippen LogP contribution in [0.3, 0.4) is 0 Å². The summed E-state index contributed by atoms with van der Waals surface area (Å²) in [6.07, 6.45) is 0.884. The molecule has 0 heterocycles. The third-order valence-corrected chi connectivity index (χ3v) is 2.23. The fraction of sp³-hybridized carbons (Fsp3) is 0.727. The molecule has 0 saturated heterocycles. The fourth-order valence-electron chi connectivity index (χ4n) is 1.08. The van der Waals surface area contributed by atoms with E-state index in [4.69, 9.17) is 5.11 Å². The molecule has 0 aromatic heterocycles. The third kappa shape index (κ3) is 8.37. The molecule has 0 spiro atoms. The number of nitrogens with zero attached hydrogens (tertiary/aromatic N) is 1. The van der Waals surface area contributed by atoms with Crippen molar-refractivity contribution in [3.8, 4) is 0 Å². The van der Waals surface area contributed by atoms with E-state index in [0.717, 1.165) is 6.42 Å². The molecule has 0 aliphatic carbocycles. The summed E-state index contributed by atoms with van der Waals surface area (Å²) >= 11 is 0. The molecule has 0 aromatic rings. The molecule has 7 nitrogen and oxygen atoms in total. The molecule has 0 aromatic carbocycles. The highest BCUT2D eigenvalue weighted by molar-refractivity contribution is 5.86. The molecule has 104 valence electrons. The summed E-state index contributed by atoms with van der Waals surface area (Å²) in [4.78, 5) is 34.3. The van der Waals surface area contributed by atoms with Gasteiger partial charge in [0.1, 0.15) is 6.54 Å². The number of carbonyl (C=O) groups is 3. The van der Waals surface area contributed by atoms with E-state index in [0.29, 0.717) is 12.5 Å². The Kier molecular flexibility index (Phi) is 7.50. The summed E-state index contributed by atoms with van der Waals surface area (Å²) in [5, 5.41) is 12.9. The highest BCUT2D eigenvalue weighted by Crippen LogP contribution is 2.00. The lowest BCUT2D eigenvalue weighted by molar-refractivity contribution is -0.137. The molecule has 0 bridgehead atoms. The van der Waals surface area contributed by atoms with Crippen molar-refractivity contribution in [1.82, 2.24) is 15.5 Å². The first-order valence-corrected chi connectivity index (χ1v) is 5.80. The van der Waals surface area contributed by atoms with E-state index < -0.39 is 18.4 Å². The third-order valence-electron chi connectivity index (χ3n) is 2.23. The number of hydrogen-bond donors (Lipinski definition) is 3. The van der Waals surface area contributed by atoms with Crippen molar-refractivity contribution in [3.05, 3.63) is 0 Å². The van der Waals surface area contributed by atoms with E-state index in [2.05, 4.69) is 24.5 Å². The lowest BCUT2D eigenvalue weighted by Gasteiger charge is -2.18. The Balaban J connectivity index is 3.80. The summed E-state index contributed by atoms with van der Waals surface area (Å²) in [7, 11) is 1.65. The smallest absolute Gasteiger partial charge is 0.322 e. The van der Waals surface area contributed by atoms with Crippen molar-refractivity contribution >= 4 is 17.9 Å². The molecule has 3 amide bonds. The second kappa shape index (κ2) is 8.32. The van der Waals surface area contributed by atoms with Crippen LogP contribution in [-0.4, -0.2) is 54.6 Å². The minimum absolute atomic E-state index is 0.224. The maximum absolute atomic E-state index is 11.5. The summed E-state index contributed by atoms with van der Waals surface area (Å²) < 4.78 is 0. The number of carbonyl (C=O) groups excluding carboxylic acids is 2. The Morgan fingerprint density at radius 2 is 1.78 bits per heavy atom. The van der Waals surface area contributed by atoms with E-state index in [9.17, 15) is 14.4 Å². The SMILES string of the molecule is CC(C)CCN(C)C(=O)NCC(=O)NCC(=O)O. The Bertz CT molecular complexity index is 305. The standard InChI is InChI=1S/C11H21N3O4/c1-8(2)4-5-14(3)11(18)13-6-9(15)12-7-10(16)17/h8H,4-7H2,1-3H3,(H,12,15)(H,13,18)(H,16,17). The number of rotatable bonds is 7. The zero-order chi connectivity index (χ0) is 14.1. The maximum Gasteiger partial charge on any atom is 0.322 e. The number of aliphatic carboxylic acids is 1. The van der Waals surface area contributed by atoms with E-state index in [1.54, 1.807) is 7.05 Å². The van der Waals surface area contributed by atoms with Gasteiger partial charge in [0.25, 0.3) is 0 Å². The van der Waals surface area contributed by atoms with Gasteiger partial charge in [-0.15, -0.1) is 0 Å². The Morgan fingerprint density at radius 3 is 2.28 bits per heavy atom. The predicted octanol–water partition coefficient (Wildman–Crippen LogP) is -0.125. The van der Waals surface area contributed by atoms with Gasteiger partial charge < -0.3 is 20.6 Å². The van der Waals surface area contributed by atoms with Gasteiger partial charge in [-0.3, -0.25) is 9.59 Å². The van der Waals surface area contributed by atoms with Crippen LogP contribution in [0.15, 0.2) is 0 Å². The number of nitrogens with one attached hydrogen (secondary N) is 2. The van der Waals surface area contributed by atoms with Crippen LogP contribution in [0.5, 0.6) is 0 Å². The van der Waals surface area contributed by atoms with Crippen LogP contribution in [0.4, 0.5) is 4.79 Å². The van der Waals surface area contributed by atoms with Gasteiger partial charge in [-0.1, -0.05) is 13.8 Å². The molecular formula is C11H21N3O4. The second-order valence-electron chi connectivity index (χ2n) is 4.43. The minimum atomic E-state index is -1.12. The van der Waals surface area contributed by atoms with Crippen LogP contribution in [0, 0.1) is 5.92 Å². The zero-order valence-electron chi connectivity index (χ0n) is 11.0. The Morgan fingerprint density at radius 1 is 1.17 bits per heavy atom. The van der Waals surface area contributed by atoms with Crippen LogP contribution < -0.4 is 10.6 Å². The molecule has 0 aliphatic rings. The van der Waals surface area contributed by atoms with Crippen molar-refractivity contribution in [2.24, 2.45) is 5.92 Å². The van der Waals surface area contributed by atoms with Crippen molar-refractivity contribution in [3.63, 3.8) is 0 Å². The molecule has 18 heavy (non-hydrogen) atoms. The number of amides is 3. The molecule has 0 unspecified atom stereocenters. The monoisotopic (exact) mass is 259 g/mol. The van der Waals surface area contributed by atoms with Crippen LogP contribution in [-0.2, 0) is 9.59 Å². The summed E-state index contributed by atoms with van der Waals surface area (Å²) in [5.74, 6) is -1.15. The van der Waals surface area contributed by atoms with Gasteiger partial charge in [-0.2, -0.15) is 0 Å². The number of carboxylic acid groups (broad SMARTS) is 1. The lowest BCUT2D eigenvalue weighted by atomic mass is 10.1. The van der Waals surface area contributed by atoms with E-state index >= 15 is 0 Å². The van der Waals surface area contributed by atoms with Gasteiger partial charge in [-0.05, 0) is 12.3 Å². The van der Waals surface area contributed by atoms with Gasteiger partial charge in [0, 0.05) is 13.6 Å². The quantitative estimate of drug-likeness (QED) is 0.593. The summed E-state index contributed by atoms with van der Waals surface area (Å²) in [6, 6.07) is -0.346. The average Bonchev–Trinajstić information content (AvgIpc) is 2.30. The maximum atomic E-state index is 11.5. The topological polar surface area (TPSA) is 98.7 Å². The second-order valence-corrected chi connectivity index (χ2v) is 4.43. The molecule has 7 heteroatoms. The van der Waals surface area contributed by atoms with Crippen LogP contribution >= 0.6 is 0 Å².